The molecule has 2 unspecified atom stereocenters. The molecule has 3 rings (SSSR count). The van der Waals surface area contributed by atoms with E-state index in [0.717, 1.165) is 25.2 Å². The molecule has 24 heavy (non-hydrogen) atoms. The van der Waals surface area contributed by atoms with E-state index in [1.54, 1.807) is 9.58 Å². The number of likely N-dealkylation sites (tertiary alicyclic amines) is 1. The van der Waals surface area contributed by atoms with E-state index in [9.17, 15) is 9.59 Å². The first-order chi connectivity index (χ1) is 11.6. The van der Waals surface area contributed by atoms with E-state index in [-0.39, 0.29) is 24.4 Å². The molecular weight excluding hydrogens is 308 g/mol. The highest BCUT2D eigenvalue weighted by atomic mass is 16.5. The number of nitrogens with zero attached hydrogens (tertiary/aromatic N) is 3. The summed E-state index contributed by atoms with van der Waals surface area (Å²) in [6, 6.07) is 0.0321. The average Bonchev–Trinajstić information content (AvgIpc) is 3.15. The second-order valence-corrected chi connectivity index (χ2v) is 6.60. The van der Waals surface area contributed by atoms with Gasteiger partial charge < -0.3 is 15.0 Å². The van der Waals surface area contributed by atoms with Crippen molar-refractivity contribution in [3.8, 4) is 0 Å². The minimum absolute atomic E-state index is 0.0321. The summed E-state index contributed by atoms with van der Waals surface area (Å²) >= 11 is 0. The molecule has 0 aromatic carbocycles. The van der Waals surface area contributed by atoms with Crippen molar-refractivity contribution in [3.63, 3.8) is 0 Å². The predicted octanol–water partition coefficient (Wildman–Crippen LogP) is 0.536. The molecule has 7 nitrogen and oxygen atoms in total. The Morgan fingerprint density at radius 1 is 1.54 bits per heavy atom. The molecule has 2 aliphatic rings. The molecule has 0 bridgehead atoms. The summed E-state index contributed by atoms with van der Waals surface area (Å²) in [4.78, 5) is 25.3. The second kappa shape index (κ2) is 7.17. The Balaban J connectivity index is 1.44. The monoisotopic (exact) mass is 332 g/mol. The molecule has 3 heterocycles. The number of carbonyl (C=O) groups is 2. The number of hydrogen-bond donors (Lipinski definition) is 1. The van der Waals surface area contributed by atoms with Crippen LogP contribution in [0.3, 0.4) is 0 Å². The highest BCUT2D eigenvalue weighted by molar-refractivity contribution is 5.87. The lowest BCUT2D eigenvalue weighted by molar-refractivity contribution is -0.133. The van der Waals surface area contributed by atoms with Gasteiger partial charge >= 0.3 is 0 Å². The molecule has 0 spiro atoms. The third-order valence-corrected chi connectivity index (χ3v) is 4.85. The number of rotatable bonds is 6. The van der Waals surface area contributed by atoms with Crippen molar-refractivity contribution >= 4 is 11.8 Å². The normalized spacial score (nSPS) is 22.0. The van der Waals surface area contributed by atoms with Crippen LogP contribution in [0.4, 0.5) is 0 Å². The van der Waals surface area contributed by atoms with Gasteiger partial charge in [0, 0.05) is 43.8 Å². The number of hydrogen-bond acceptors (Lipinski definition) is 4. The van der Waals surface area contributed by atoms with Crippen molar-refractivity contribution < 1.29 is 14.3 Å². The summed E-state index contributed by atoms with van der Waals surface area (Å²) in [5.41, 5.74) is 1.13. The summed E-state index contributed by atoms with van der Waals surface area (Å²) in [7, 11) is 0. The van der Waals surface area contributed by atoms with E-state index >= 15 is 0 Å². The average molecular weight is 332 g/mol. The largest absolute Gasteiger partial charge is 0.381 e. The third-order valence-electron chi connectivity index (χ3n) is 4.85. The van der Waals surface area contributed by atoms with Crippen LogP contribution in [0.25, 0.3) is 0 Å². The smallest absolute Gasteiger partial charge is 0.245 e. The highest BCUT2D eigenvalue weighted by Gasteiger charge is 2.33. The molecule has 130 valence electrons. The Bertz CT molecular complexity index is 615. The van der Waals surface area contributed by atoms with Gasteiger partial charge in [0.15, 0.2) is 0 Å². The number of amides is 2. The Labute approximate surface area is 141 Å². The molecule has 1 aromatic rings. The van der Waals surface area contributed by atoms with Crippen molar-refractivity contribution in [2.45, 2.75) is 31.8 Å². The molecule has 2 aliphatic heterocycles. The van der Waals surface area contributed by atoms with Gasteiger partial charge in [-0.2, -0.15) is 5.10 Å². The van der Waals surface area contributed by atoms with Crippen LogP contribution in [0.1, 0.15) is 24.8 Å². The minimum Gasteiger partial charge on any atom is -0.381 e. The minimum atomic E-state index is -0.0617. The van der Waals surface area contributed by atoms with E-state index < -0.39 is 0 Å². The molecule has 0 aliphatic carbocycles. The number of carbonyl (C=O) groups excluding carboxylic acids is 2. The maximum Gasteiger partial charge on any atom is 0.245 e. The van der Waals surface area contributed by atoms with Gasteiger partial charge in [-0.05, 0) is 25.0 Å². The quantitative estimate of drug-likeness (QED) is 0.771. The third kappa shape index (κ3) is 3.67. The van der Waals surface area contributed by atoms with Gasteiger partial charge in [-0.1, -0.05) is 6.58 Å². The molecular formula is C17H24N4O3. The number of nitrogens with one attached hydrogen (secondary N) is 1. The van der Waals surface area contributed by atoms with Gasteiger partial charge in [0.25, 0.3) is 0 Å². The lowest BCUT2D eigenvalue weighted by atomic mass is 9.92. The van der Waals surface area contributed by atoms with Crippen molar-refractivity contribution in [2.75, 3.05) is 26.3 Å². The van der Waals surface area contributed by atoms with Crippen LogP contribution in [0.5, 0.6) is 0 Å². The van der Waals surface area contributed by atoms with E-state index in [1.807, 2.05) is 19.3 Å². The Morgan fingerprint density at radius 3 is 3.00 bits per heavy atom. The molecule has 2 atom stereocenters. The Kier molecular flexibility index (Phi) is 4.99. The highest BCUT2D eigenvalue weighted by Crippen LogP contribution is 2.24. The Hall–Kier alpha value is -2.15. The van der Waals surface area contributed by atoms with Crippen molar-refractivity contribution in [1.29, 1.82) is 0 Å². The molecule has 2 saturated heterocycles. The first-order valence-corrected chi connectivity index (χ1v) is 8.37. The predicted molar refractivity (Wildman–Crippen MR) is 88.3 cm³/mol. The van der Waals surface area contributed by atoms with Crippen molar-refractivity contribution in [2.24, 2.45) is 5.92 Å². The van der Waals surface area contributed by atoms with Crippen LogP contribution in [-0.4, -0.2) is 58.8 Å². The fourth-order valence-corrected chi connectivity index (χ4v) is 3.18. The number of aromatic nitrogens is 2. The first kappa shape index (κ1) is 16.7. The zero-order valence-corrected chi connectivity index (χ0v) is 14.0. The van der Waals surface area contributed by atoms with Crippen LogP contribution in [0.15, 0.2) is 25.0 Å². The summed E-state index contributed by atoms with van der Waals surface area (Å²) in [5, 5.41) is 7.27. The molecule has 1 N–H and O–H groups in total. The summed E-state index contributed by atoms with van der Waals surface area (Å²) in [6.45, 7) is 8.52. The SMILES string of the molecule is C=CC(=O)N1CC(C(C)NC(=O)Cn2cc(C3CCOC3)cn2)C1. The standard InChI is InChI=1S/C17H24N4O3/c1-3-17(23)20-7-15(8-20)12(2)19-16(22)10-21-9-14(6-18-21)13-4-5-24-11-13/h3,6,9,12-13,15H,1,4-5,7-8,10-11H2,2H3,(H,19,22). The van der Waals surface area contributed by atoms with Gasteiger partial charge in [-0.25, -0.2) is 0 Å². The zero-order chi connectivity index (χ0) is 17.1. The van der Waals surface area contributed by atoms with Crippen LogP contribution in [0, 0.1) is 5.92 Å². The van der Waals surface area contributed by atoms with Crippen molar-refractivity contribution in [3.05, 3.63) is 30.6 Å². The van der Waals surface area contributed by atoms with E-state index in [0.29, 0.717) is 24.9 Å². The molecule has 0 saturated carbocycles. The maximum atomic E-state index is 12.2. The van der Waals surface area contributed by atoms with E-state index in [2.05, 4.69) is 17.0 Å². The van der Waals surface area contributed by atoms with Crippen LogP contribution >= 0.6 is 0 Å². The van der Waals surface area contributed by atoms with Gasteiger partial charge in [0.2, 0.25) is 11.8 Å². The van der Waals surface area contributed by atoms with Crippen molar-refractivity contribution in [1.82, 2.24) is 20.0 Å². The fraction of sp³-hybridized carbons (Fsp3) is 0.588. The summed E-state index contributed by atoms with van der Waals surface area (Å²) < 4.78 is 7.05. The Morgan fingerprint density at radius 2 is 2.33 bits per heavy atom. The second-order valence-electron chi connectivity index (χ2n) is 6.60. The van der Waals surface area contributed by atoms with Crippen LogP contribution in [0.2, 0.25) is 0 Å². The molecule has 0 radical (unpaired) electrons. The fourth-order valence-electron chi connectivity index (χ4n) is 3.18. The van der Waals surface area contributed by atoms with Gasteiger partial charge in [-0.3, -0.25) is 14.3 Å². The number of ether oxygens (including phenoxy) is 1. The molecule has 2 amide bonds. The molecule has 1 aromatic heterocycles. The zero-order valence-electron chi connectivity index (χ0n) is 14.0. The van der Waals surface area contributed by atoms with Gasteiger partial charge in [0.05, 0.1) is 12.8 Å². The topological polar surface area (TPSA) is 76.5 Å². The first-order valence-electron chi connectivity index (χ1n) is 8.37. The maximum absolute atomic E-state index is 12.2. The summed E-state index contributed by atoms with van der Waals surface area (Å²) in [5.74, 6) is 0.573. The van der Waals surface area contributed by atoms with Gasteiger partial charge in [-0.15, -0.1) is 0 Å². The molecule has 2 fully saturated rings. The van der Waals surface area contributed by atoms with E-state index in [4.69, 9.17) is 4.74 Å². The summed E-state index contributed by atoms with van der Waals surface area (Å²) in [6.07, 6.45) is 6.08. The lowest BCUT2D eigenvalue weighted by Crippen LogP contribution is -2.57. The molecule has 7 heteroatoms. The van der Waals surface area contributed by atoms with Crippen LogP contribution < -0.4 is 5.32 Å². The lowest BCUT2D eigenvalue weighted by Gasteiger charge is -2.42. The van der Waals surface area contributed by atoms with Crippen LogP contribution in [-0.2, 0) is 20.9 Å². The van der Waals surface area contributed by atoms with E-state index in [1.165, 1.54) is 6.08 Å². The van der Waals surface area contributed by atoms with Gasteiger partial charge in [0.1, 0.15) is 6.54 Å².